The highest BCUT2D eigenvalue weighted by molar-refractivity contribution is 5.99. The van der Waals surface area contributed by atoms with Crippen molar-refractivity contribution in [3.8, 4) is 0 Å². The van der Waals surface area contributed by atoms with Gasteiger partial charge in [0, 0.05) is 31.6 Å². The molecule has 0 bridgehead atoms. The molecule has 1 heterocycles. The summed E-state index contributed by atoms with van der Waals surface area (Å²) < 4.78 is 5.51. The number of anilines is 2. The molecule has 0 spiro atoms. The summed E-state index contributed by atoms with van der Waals surface area (Å²) >= 11 is 0. The molecule has 1 fully saturated rings. The minimum Gasteiger partial charge on any atom is -0.399 e. The van der Waals surface area contributed by atoms with Gasteiger partial charge in [0.25, 0.3) is 5.91 Å². The number of carbonyl (C=O) groups is 1. The maximum Gasteiger partial charge on any atom is 0.255 e. The zero-order chi connectivity index (χ0) is 13.1. The zero-order valence-corrected chi connectivity index (χ0v) is 10.6. The molecule has 5 nitrogen and oxygen atoms in total. The molecule has 1 atom stereocenters. The van der Waals surface area contributed by atoms with Crippen LogP contribution in [0.3, 0.4) is 0 Å². The van der Waals surface area contributed by atoms with Crippen molar-refractivity contribution < 1.29 is 9.53 Å². The fourth-order valence-electron chi connectivity index (χ4n) is 2.16. The van der Waals surface area contributed by atoms with Gasteiger partial charge in [-0.2, -0.15) is 0 Å². The largest absolute Gasteiger partial charge is 0.399 e. The molecular formula is C13H19N3O2. The number of hydrogen-bond acceptors (Lipinski definition) is 4. The lowest BCUT2D eigenvalue weighted by molar-refractivity contribution is 0.0588. The molecule has 1 aromatic rings. The molecule has 1 unspecified atom stereocenters. The van der Waals surface area contributed by atoms with Gasteiger partial charge in [-0.25, -0.2) is 0 Å². The van der Waals surface area contributed by atoms with Gasteiger partial charge < -0.3 is 21.1 Å². The van der Waals surface area contributed by atoms with E-state index in [4.69, 9.17) is 16.2 Å². The predicted octanol–water partition coefficient (Wildman–Crippen LogP) is 1.10. The van der Waals surface area contributed by atoms with Crippen LogP contribution in [0.4, 0.5) is 11.4 Å². The Hall–Kier alpha value is -1.75. The molecule has 98 valence electrons. The van der Waals surface area contributed by atoms with Crippen LogP contribution in [0.1, 0.15) is 23.2 Å². The molecule has 1 amide bonds. The average Bonchev–Trinajstić information content (AvgIpc) is 2.81. The first-order valence-corrected chi connectivity index (χ1v) is 6.10. The number of ether oxygens (including phenoxy) is 1. The van der Waals surface area contributed by atoms with Crippen molar-refractivity contribution in [2.24, 2.45) is 0 Å². The smallest absolute Gasteiger partial charge is 0.255 e. The van der Waals surface area contributed by atoms with Crippen LogP contribution in [0, 0.1) is 0 Å². The number of nitrogens with zero attached hydrogens (tertiary/aromatic N) is 1. The maximum atomic E-state index is 12.2. The summed E-state index contributed by atoms with van der Waals surface area (Å²) in [4.78, 5) is 13.9. The second-order valence-electron chi connectivity index (χ2n) is 4.67. The number of nitrogen functional groups attached to an aromatic ring is 2. The van der Waals surface area contributed by atoms with Crippen molar-refractivity contribution in [1.29, 1.82) is 0 Å². The summed E-state index contributed by atoms with van der Waals surface area (Å²) in [6, 6.07) is 4.95. The van der Waals surface area contributed by atoms with Gasteiger partial charge in [-0.3, -0.25) is 4.79 Å². The van der Waals surface area contributed by atoms with Gasteiger partial charge in [0.15, 0.2) is 0 Å². The summed E-state index contributed by atoms with van der Waals surface area (Å²) in [5.41, 5.74) is 12.9. The summed E-state index contributed by atoms with van der Waals surface area (Å²) in [5.74, 6) is -0.0944. The lowest BCUT2D eigenvalue weighted by atomic mass is 10.1. The van der Waals surface area contributed by atoms with E-state index in [1.807, 2.05) is 0 Å². The third-order valence-electron chi connectivity index (χ3n) is 3.15. The molecule has 0 aromatic heterocycles. The Morgan fingerprint density at radius 1 is 1.50 bits per heavy atom. The van der Waals surface area contributed by atoms with E-state index in [1.54, 1.807) is 30.1 Å². The number of benzene rings is 1. The van der Waals surface area contributed by atoms with Gasteiger partial charge in [-0.1, -0.05) is 0 Å². The maximum absolute atomic E-state index is 12.2. The summed E-state index contributed by atoms with van der Waals surface area (Å²) in [5, 5.41) is 0. The highest BCUT2D eigenvalue weighted by Gasteiger charge is 2.21. The molecule has 1 saturated heterocycles. The standard InChI is InChI=1S/C13H19N3O2/c1-16(8-10-3-2-6-18-10)13(17)11-5-4-9(14)7-12(11)15/h4-5,7,10H,2-3,6,8,14-15H2,1H3. The zero-order valence-electron chi connectivity index (χ0n) is 10.6. The van der Waals surface area contributed by atoms with Gasteiger partial charge >= 0.3 is 0 Å². The number of nitrogens with two attached hydrogens (primary N) is 2. The molecule has 1 aliphatic heterocycles. The topological polar surface area (TPSA) is 81.6 Å². The van der Waals surface area contributed by atoms with Crippen LogP contribution < -0.4 is 11.5 Å². The van der Waals surface area contributed by atoms with E-state index in [1.165, 1.54) is 0 Å². The summed E-state index contributed by atoms with van der Waals surface area (Å²) in [6.45, 7) is 1.39. The minimum absolute atomic E-state index is 0.0944. The van der Waals surface area contributed by atoms with Gasteiger partial charge in [0.2, 0.25) is 0 Å². The predicted molar refractivity (Wildman–Crippen MR) is 71.2 cm³/mol. The van der Waals surface area contributed by atoms with Gasteiger partial charge in [-0.05, 0) is 31.0 Å². The van der Waals surface area contributed by atoms with Gasteiger partial charge in [-0.15, -0.1) is 0 Å². The summed E-state index contributed by atoms with van der Waals surface area (Å²) in [7, 11) is 1.76. The molecular weight excluding hydrogens is 230 g/mol. The van der Waals surface area contributed by atoms with Crippen molar-refractivity contribution in [3.05, 3.63) is 23.8 Å². The van der Waals surface area contributed by atoms with Crippen molar-refractivity contribution in [1.82, 2.24) is 4.90 Å². The van der Waals surface area contributed by atoms with E-state index in [2.05, 4.69) is 0 Å². The Morgan fingerprint density at radius 3 is 2.89 bits per heavy atom. The second kappa shape index (κ2) is 5.27. The first-order valence-electron chi connectivity index (χ1n) is 6.10. The molecule has 4 N–H and O–H groups in total. The fraction of sp³-hybridized carbons (Fsp3) is 0.462. The monoisotopic (exact) mass is 249 g/mol. The van der Waals surface area contributed by atoms with E-state index in [0.29, 0.717) is 23.5 Å². The van der Waals surface area contributed by atoms with Crippen molar-refractivity contribution >= 4 is 17.3 Å². The van der Waals surface area contributed by atoms with Crippen LogP contribution in [0.2, 0.25) is 0 Å². The average molecular weight is 249 g/mol. The van der Waals surface area contributed by atoms with Crippen LogP contribution in [-0.2, 0) is 4.74 Å². The SMILES string of the molecule is CN(CC1CCCO1)C(=O)c1ccc(N)cc1N. The Morgan fingerprint density at radius 2 is 2.28 bits per heavy atom. The lowest BCUT2D eigenvalue weighted by Gasteiger charge is -2.21. The Labute approximate surface area is 107 Å². The van der Waals surface area contributed by atoms with Crippen LogP contribution >= 0.6 is 0 Å². The van der Waals surface area contributed by atoms with E-state index in [0.717, 1.165) is 19.4 Å². The minimum atomic E-state index is -0.0944. The van der Waals surface area contributed by atoms with Crippen LogP contribution in [-0.4, -0.2) is 37.1 Å². The number of hydrogen-bond donors (Lipinski definition) is 2. The third-order valence-corrected chi connectivity index (χ3v) is 3.15. The van der Waals surface area contributed by atoms with Crippen molar-refractivity contribution in [3.63, 3.8) is 0 Å². The highest BCUT2D eigenvalue weighted by atomic mass is 16.5. The van der Waals surface area contributed by atoms with Gasteiger partial charge in [0.1, 0.15) is 0 Å². The molecule has 5 heteroatoms. The number of amides is 1. The molecule has 1 aliphatic rings. The second-order valence-corrected chi connectivity index (χ2v) is 4.67. The van der Waals surface area contributed by atoms with Crippen LogP contribution in [0.25, 0.3) is 0 Å². The van der Waals surface area contributed by atoms with E-state index in [-0.39, 0.29) is 12.0 Å². The third kappa shape index (κ3) is 2.73. The lowest BCUT2D eigenvalue weighted by Crippen LogP contribution is -2.34. The molecule has 18 heavy (non-hydrogen) atoms. The number of carbonyl (C=O) groups excluding carboxylic acids is 1. The quantitative estimate of drug-likeness (QED) is 0.786. The first kappa shape index (κ1) is 12.7. The molecule has 0 aliphatic carbocycles. The van der Waals surface area contributed by atoms with E-state index < -0.39 is 0 Å². The van der Waals surface area contributed by atoms with E-state index >= 15 is 0 Å². The Balaban J connectivity index is 2.05. The van der Waals surface area contributed by atoms with Crippen LogP contribution in [0.15, 0.2) is 18.2 Å². The Kier molecular flexibility index (Phi) is 3.72. The fourth-order valence-corrected chi connectivity index (χ4v) is 2.16. The molecule has 0 radical (unpaired) electrons. The van der Waals surface area contributed by atoms with Crippen molar-refractivity contribution in [2.75, 3.05) is 31.7 Å². The molecule has 2 rings (SSSR count). The highest BCUT2D eigenvalue weighted by Crippen LogP contribution is 2.19. The van der Waals surface area contributed by atoms with E-state index in [9.17, 15) is 4.79 Å². The Bertz CT molecular complexity index is 442. The number of rotatable bonds is 3. The first-order chi connectivity index (χ1) is 8.58. The normalized spacial score (nSPS) is 18.8. The van der Waals surface area contributed by atoms with Crippen molar-refractivity contribution in [2.45, 2.75) is 18.9 Å². The molecule has 0 saturated carbocycles. The molecule has 1 aromatic carbocycles. The van der Waals surface area contributed by atoms with Crippen LogP contribution in [0.5, 0.6) is 0 Å². The number of likely N-dealkylation sites (N-methyl/N-ethyl adjacent to an activating group) is 1. The summed E-state index contributed by atoms with van der Waals surface area (Å²) in [6.07, 6.45) is 2.22. The van der Waals surface area contributed by atoms with Gasteiger partial charge in [0.05, 0.1) is 11.7 Å².